The maximum Gasteiger partial charge on any atom is 0.412 e. The first-order valence-electron chi connectivity index (χ1n) is 5.62. The fourth-order valence-corrected chi connectivity index (χ4v) is 1.75. The zero-order valence-electron chi connectivity index (χ0n) is 9.97. The van der Waals surface area contributed by atoms with Gasteiger partial charge in [-0.15, -0.1) is 12.6 Å². The Morgan fingerprint density at radius 1 is 1.16 bits per heavy atom. The summed E-state index contributed by atoms with van der Waals surface area (Å²) in [7, 11) is 0. The molecule has 0 aromatic heterocycles. The maximum absolute atomic E-state index is 13.5. The molecule has 0 bridgehead atoms. The first-order chi connectivity index (χ1) is 9.16. The predicted octanol–water partition coefficient (Wildman–Crippen LogP) is 3.86. The van der Waals surface area contributed by atoms with Crippen LogP contribution in [0.2, 0.25) is 0 Å². The van der Waals surface area contributed by atoms with Gasteiger partial charge >= 0.3 is 6.09 Å². The van der Waals surface area contributed by atoms with Crippen molar-refractivity contribution in [1.82, 2.24) is 0 Å². The lowest BCUT2D eigenvalue weighted by atomic mass is 10.2. The molecule has 5 heteroatoms. The molecule has 0 aliphatic rings. The van der Waals surface area contributed by atoms with Gasteiger partial charge in [0.2, 0.25) is 0 Å². The summed E-state index contributed by atoms with van der Waals surface area (Å²) in [5.41, 5.74) is 0.876. The van der Waals surface area contributed by atoms with Crippen molar-refractivity contribution in [3.8, 4) is 0 Å². The molecule has 0 saturated heterocycles. The van der Waals surface area contributed by atoms with E-state index < -0.39 is 11.9 Å². The fraction of sp³-hybridized carbons (Fsp3) is 0.0714. The van der Waals surface area contributed by atoms with Crippen molar-refractivity contribution in [2.24, 2.45) is 0 Å². The van der Waals surface area contributed by atoms with Crippen molar-refractivity contribution in [1.29, 1.82) is 0 Å². The van der Waals surface area contributed by atoms with Gasteiger partial charge in [0, 0.05) is 4.90 Å². The van der Waals surface area contributed by atoms with E-state index in [0.29, 0.717) is 4.90 Å². The van der Waals surface area contributed by atoms with Gasteiger partial charge in [-0.2, -0.15) is 0 Å². The molecule has 1 N–H and O–H groups in total. The summed E-state index contributed by atoms with van der Waals surface area (Å²) < 4.78 is 18.4. The van der Waals surface area contributed by atoms with Crippen LogP contribution in [0, 0.1) is 5.82 Å². The third-order valence-corrected chi connectivity index (χ3v) is 2.80. The van der Waals surface area contributed by atoms with Crippen molar-refractivity contribution in [3.63, 3.8) is 0 Å². The largest absolute Gasteiger partial charge is 0.444 e. The van der Waals surface area contributed by atoms with Crippen molar-refractivity contribution < 1.29 is 13.9 Å². The lowest BCUT2D eigenvalue weighted by molar-refractivity contribution is 0.155. The molecular formula is C14H12FNO2S. The van der Waals surface area contributed by atoms with Crippen molar-refractivity contribution in [2.75, 3.05) is 5.32 Å². The molecule has 0 unspecified atom stereocenters. The van der Waals surface area contributed by atoms with Crippen LogP contribution >= 0.6 is 12.6 Å². The van der Waals surface area contributed by atoms with Crippen LogP contribution in [0.5, 0.6) is 0 Å². The number of amides is 1. The summed E-state index contributed by atoms with van der Waals surface area (Å²) in [5.74, 6) is -0.552. The predicted molar refractivity (Wildman–Crippen MR) is 73.9 cm³/mol. The smallest absolute Gasteiger partial charge is 0.412 e. The standard InChI is InChI=1S/C14H12FNO2S/c15-11-7-4-8-12(19)13(11)16-14(17)18-9-10-5-2-1-3-6-10/h1-8,19H,9H2,(H,16,17). The van der Waals surface area contributed by atoms with Gasteiger partial charge in [0.25, 0.3) is 0 Å². The number of hydrogen-bond donors (Lipinski definition) is 2. The van der Waals surface area contributed by atoms with Crippen molar-refractivity contribution in [2.45, 2.75) is 11.5 Å². The Balaban J connectivity index is 1.95. The average Bonchev–Trinajstić information content (AvgIpc) is 2.42. The molecule has 2 rings (SSSR count). The highest BCUT2D eigenvalue weighted by Gasteiger charge is 2.10. The van der Waals surface area contributed by atoms with E-state index in [4.69, 9.17) is 4.74 Å². The highest BCUT2D eigenvalue weighted by molar-refractivity contribution is 7.80. The monoisotopic (exact) mass is 277 g/mol. The molecule has 0 heterocycles. The summed E-state index contributed by atoms with van der Waals surface area (Å²) in [6.07, 6.45) is -0.718. The van der Waals surface area contributed by atoms with Gasteiger partial charge < -0.3 is 4.74 Å². The van der Waals surface area contributed by atoms with Gasteiger partial charge in [-0.1, -0.05) is 36.4 Å². The first kappa shape index (κ1) is 13.4. The summed E-state index contributed by atoms with van der Waals surface area (Å²) in [5, 5.41) is 2.34. The molecule has 0 aliphatic carbocycles. The molecule has 0 aliphatic heterocycles. The van der Waals surface area contributed by atoms with Crippen molar-refractivity contribution in [3.05, 3.63) is 59.9 Å². The molecule has 3 nitrogen and oxygen atoms in total. The maximum atomic E-state index is 13.5. The number of hydrogen-bond acceptors (Lipinski definition) is 3. The Labute approximate surface area is 115 Å². The molecule has 0 spiro atoms. The Morgan fingerprint density at radius 3 is 2.58 bits per heavy atom. The minimum Gasteiger partial charge on any atom is -0.444 e. The van der Waals surface area contributed by atoms with Gasteiger partial charge in [-0.3, -0.25) is 5.32 Å². The minimum atomic E-state index is -0.718. The summed E-state index contributed by atoms with van der Waals surface area (Å²) >= 11 is 4.07. The van der Waals surface area contributed by atoms with E-state index in [1.165, 1.54) is 12.1 Å². The van der Waals surface area contributed by atoms with Crippen LogP contribution in [0.4, 0.5) is 14.9 Å². The third-order valence-electron chi connectivity index (χ3n) is 2.43. The summed E-state index contributed by atoms with van der Waals surface area (Å²) in [6, 6.07) is 13.6. The van der Waals surface area contributed by atoms with Crippen LogP contribution in [0.15, 0.2) is 53.4 Å². The van der Waals surface area contributed by atoms with Crippen LogP contribution in [-0.4, -0.2) is 6.09 Å². The molecular weight excluding hydrogens is 265 g/mol. The molecule has 2 aromatic carbocycles. The van der Waals surface area contributed by atoms with Gasteiger partial charge in [-0.25, -0.2) is 9.18 Å². The lowest BCUT2D eigenvalue weighted by Crippen LogP contribution is -2.15. The zero-order chi connectivity index (χ0) is 13.7. The number of carbonyl (C=O) groups is 1. The molecule has 98 valence electrons. The summed E-state index contributed by atoms with van der Waals surface area (Å²) in [4.78, 5) is 11.9. The second-order valence-electron chi connectivity index (χ2n) is 3.82. The number of halogens is 1. The molecule has 1 amide bonds. The van der Waals surface area contributed by atoms with Gasteiger partial charge in [0.05, 0.1) is 5.69 Å². The summed E-state index contributed by atoms with van der Waals surface area (Å²) in [6.45, 7) is 0.128. The molecule has 0 atom stereocenters. The molecule has 19 heavy (non-hydrogen) atoms. The van der Waals surface area contributed by atoms with E-state index in [1.54, 1.807) is 6.07 Å². The second-order valence-corrected chi connectivity index (χ2v) is 4.30. The van der Waals surface area contributed by atoms with E-state index in [1.807, 2.05) is 30.3 Å². The fourth-order valence-electron chi connectivity index (χ4n) is 1.50. The number of anilines is 1. The van der Waals surface area contributed by atoms with Crippen LogP contribution in [-0.2, 0) is 11.3 Å². The SMILES string of the molecule is O=C(Nc1c(F)cccc1S)OCc1ccccc1. The number of ether oxygens (including phenoxy) is 1. The third kappa shape index (κ3) is 3.72. The number of para-hydroxylation sites is 1. The number of rotatable bonds is 3. The van der Waals surface area contributed by atoms with Gasteiger partial charge in [0.15, 0.2) is 0 Å². The van der Waals surface area contributed by atoms with Gasteiger partial charge in [-0.05, 0) is 17.7 Å². The van der Waals surface area contributed by atoms with Crippen LogP contribution in [0.25, 0.3) is 0 Å². The van der Waals surface area contributed by atoms with Crippen LogP contribution < -0.4 is 5.32 Å². The number of thiol groups is 1. The minimum absolute atomic E-state index is 0.0175. The van der Waals surface area contributed by atoms with E-state index >= 15 is 0 Å². The molecule has 0 radical (unpaired) electrons. The topological polar surface area (TPSA) is 38.3 Å². The zero-order valence-corrected chi connectivity index (χ0v) is 10.9. The molecule has 2 aromatic rings. The normalized spacial score (nSPS) is 10.0. The van der Waals surface area contributed by atoms with Gasteiger partial charge in [0.1, 0.15) is 12.4 Å². The average molecular weight is 277 g/mol. The van der Waals surface area contributed by atoms with E-state index in [9.17, 15) is 9.18 Å². The van der Waals surface area contributed by atoms with Crippen molar-refractivity contribution >= 4 is 24.4 Å². The quantitative estimate of drug-likeness (QED) is 0.836. The lowest BCUT2D eigenvalue weighted by Gasteiger charge is -2.09. The van der Waals surface area contributed by atoms with E-state index in [-0.39, 0.29) is 12.3 Å². The highest BCUT2D eigenvalue weighted by Crippen LogP contribution is 2.23. The number of carbonyl (C=O) groups excluding carboxylic acids is 1. The van der Waals surface area contributed by atoms with Crippen LogP contribution in [0.1, 0.15) is 5.56 Å². The number of benzene rings is 2. The molecule has 0 fully saturated rings. The Hall–Kier alpha value is -2.01. The highest BCUT2D eigenvalue weighted by atomic mass is 32.1. The number of nitrogens with one attached hydrogen (secondary N) is 1. The Morgan fingerprint density at radius 2 is 1.89 bits per heavy atom. The van der Waals surface area contributed by atoms with E-state index in [0.717, 1.165) is 5.56 Å². The molecule has 0 saturated carbocycles. The first-order valence-corrected chi connectivity index (χ1v) is 6.06. The second kappa shape index (κ2) is 6.24. The Kier molecular flexibility index (Phi) is 4.41. The van der Waals surface area contributed by atoms with Crippen LogP contribution in [0.3, 0.4) is 0 Å². The Bertz CT molecular complexity index is 555. The van der Waals surface area contributed by atoms with E-state index in [2.05, 4.69) is 17.9 Å².